The van der Waals surface area contributed by atoms with Crippen molar-refractivity contribution in [3.8, 4) is 0 Å². The van der Waals surface area contributed by atoms with Crippen LogP contribution in [0.4, 0.5) is 0 Å². The van der Waals surface area contributed by atoms with Crippen LogP contribution in [-0.4, -0.2) is 42.1 Å². The van der Waals surface area contributed by atoms with E-state index in [1.165, 1.54) is 6.20 Å². The second kappa shape index (κ2) is 5.05. The van der Waals surface area contributed by atoms with Gasteiger partial charge in [0.1, 0.15) is 4.90 Å². The van der Waals surface area contributed by atoms with Crippen LogP contribution in [-0.2, 0) is 10.0 Å². The van der Waals surface area contributed by atoms with Crippen LogP contribution in [0.25, 0.3) is 0 Å². The molecule has 1 saturated carbocycles. The molecule has 1 aliphatic heterocycles. The lowest BCUT2D eigenvalue weighted by atomic mass is 9.98. The minimum atomic E-state index is -3.41. The average Bonchev–Trinajstić information content (AvgIpc) is 2.96. The lowest BCUT2D eigenvalue weighted by Crippen LogP contribution is -2.33. The highest BCUT2D eigenvalue weighted by atomic mass is 35.5. The van der Waals surface area contributed by atoms with Crippen molar-refractivity contribution in [3.05, 3.63) is 11.9 Å². The van der Waals surface area contributed by atoms with Gasteiger partial charge < -0.3 is 5.73 Å². The van der Waals surface area contributed by atoms with Crippen molar-refractivity contribution in [1.29, 1.82) is 0 Å². The molecule has 2 fully saturated rings. The molecule has 108 valence electrons. The number of aromatic amines is 1. The highest BCUT2D eigenvalue weighted by Gasteiger charge is 2.45. The summed E-state index contributed by atoms with van der Waals surface area (Å²) < 4.78 is 26.5. The van der Waals surface area contributed by atoms with Crippen LogP contribution in [0.2, 0.25) is 0 Å². The first-order valence-corrected chi connectivity index (χ1v) is 7.70. The average molecular weight is 307 g/mol. The van der Waals surface area contributed by atoms with Gasteiger partial charge in [-0.05, 0) is 31.6 Å². The van der Waals surface area contributed by atoms with Crippen molar-refractivity contribution in [3.63, 3.8) is 0 Å². The Morgan fingerprint density at radius 2 is 2.16 bits per heavy atom. The smallest absolute Gasteiger partial charge is 0.246 e. The Hall–Kier alpha value is -0.630. The largest absolute Gasteiger partial charge is 0.327 e. The molecule has 3 rings (SSSR count). The summed E-state index contributed by atoms with van der Waals surface area (Å²) >= 11 is 0. The molecule has 2 aliphatic rings. The molecule has 3 unspecified atom stereocenters. The summed E-state index contributed by atoms with van der Waals surface area (Å²) in [6.45, 7) is 2.88. The molecular weight excluding hydrogens is 288 g/mol. The molecule has 1 aliphatic carbocycles. The topological polar surface area (TPSA) is 92.1 Å². The second-order valence-corrected chi connectivity index (χ2v) is 7.25. The van der Waals surface area contributed by atoms with Crippen LogP contribution < -0.4 is 5.73 Å². The molecule has 0 spiro atoms. The third-order valence-electron chi connectivity index (χ3n) is 4.28. The molecule has 1 aromatic rings. The fraction of sp³-hybridized carbons (Fsp3) is 0.727. The molecule has 3 atom stereocenters. The number of fused-ring (bicyclic) bond motifs is 1. The Labute approximate surface area is 119 Å². The van der Waals surface area contributed by atoms with Crippen molar-refractivity contribution < 1.29 is 8.42 Å². The first-order valence-electron chi connectivity index (χ1n) is 6.26. The number of hydrogen-bond donors (Lipinski definition) is 2. The molecule has 1 aromatic heterocycles. The second-order valence-electron chi connectivity index (χ2n) is 5.35. The van der Waals surface area contributed by atoms with Crippen LogP contribution in [0.1, 0.15) is 18.5 Å². The molecule has 1 saturated heterocycles. The van der Waals surface area contributed by atoms with Gasteiger partial charge in [-0.1, -0.05) is 0 Å². The Balaban J connectivity index is 0.00000133. The number of halogens is 1. The predicted octanol–water partition coefficient (Wildman–Crippen LogP) is 0.498. The number of sulfonamides is 1. The molecule has 0 aromatic carbocycles. The SMILES string of the molecule is Cc1[nH]ncc1S(=O)(=O)N1CC2CCC(N)C2C1.Cl. The maximum atomic E-state index is 12.5. The van der Waals surface area contributed by atoms with E-state index in [1.54, 1.807) is 11.2 Å². The molecule has 6 nitrogen and oxygen atoms in total. The zero-order valence-electron chi connectivity index (χ0n) is 10.7. The molecule has 0 radical (unpaired) electrons. The van der Waals surface area contributed by atoms with Gasteiger partial charge in [-0.25, -0.2) is 8.42 Å². The Morgan fingerprint density at radius 3 is 2.74 bits per heavy atom. The summed E-state index contributed by atoms with van der Waals surface area (Å²) in [5.41, 5.74) is 6.63. The van der Waals surface area contributed by atoms with Crippen LogP contribution in [0.5, 0.6) is 0 Å². The highest BCUT2D eigenvalue weighted by molar-refractivity contribution is 7.89. The quantitative estimate of drug-likeness (QED) is 0.832. The molecule has 0 amide bonds. The van der Waals surface area contributed by atoms with Gasteiger partial charge in [0.05, 0.1) is 11.9 Å². The van der Waals surface area contributed by atoms with E-state index in [4.69, 9.17) is 5.73 Å². The number of aryl methyl sites for hydroxylation is 1. The van der Waals surface area contributed by atoms with Gasteiger partial charge in [0.25, 0.3) is 0 Å². The Morgan fingerprint density at radius 1 is 1.42 bits per heavy atom. The molecule has 2 heterocycles. The number of hydrogen-bond acceptors (Lipinski definition) is 4. The molecule has 8 heteroatoms. The first-order chi connectivity index (χ1) is 8.50. The number of nitrogens with zero attached hydrogens (tertiary/aromatic N) is 2. The van der Waals surface area contributed by atoms with Crippen molar-refractivity contribution in [2.45, 2.75) is 30.7 Å². The zero-order chi connectivity index (χ0) is 12.9. The van der Waals surface area contributed by atoms with Crippen molar-refractivity contribution >= 4 is 22.4 Å². The fourth-order valence-corrected chi connectivity index (χ4v) is 4.85. The van der Waals surface area contributed by atoms with Crippen LogP contribution in [0.15, 0.2) is 11.1 Å². The molecule has 19 heavy (non-hydrogen) atoms. The summed E-state index contributed by atoms with van der Waals surface area (Å²) in [6, 6.07) is 0.153. The van der Waals surface area contributed by atoms with E-state index >= 15 is 0 Å². The standard InChI is InChI=1S/C11H18N4O2S.ClH/c1-7-11(4-13-14-7)18(16,17)15-5-8-2-3-10(12)9(8)6-15;/h4,8-10H,2-3,5-6,12H2,1H3,(H,13,14);1H. The van der Waals surface area contributed by atoms with Crippen molar-refractivity contribution in [1.82, 2.24) is 14.5 Å². The summed E-state index contributed by atoms with van der Waals surface area (Å²) in [6.07, 6.45) is 3.45. The monoisotopic (exact) mass is 306 g/mol. The van der Waals surface area contributed by atoms with Crippen LogP contribution >= 0.6 is 12.4 Å². The van der Waals surface area contributed by atoms with E-state index in [-0.39, 0.29) is 23.3 Å². The third kappa shape index (κ3) is 2.29. The first kappa shape index (κ1) is 14.8. The van der Waals surface area contributed by atoms with E-state index in [1.807, 2.05) is 0 Å². The van der Waals surface area contributed by atoms with Gasteiger partial charge in [-0.3, -0.25) is 5.10 Å². The van der Waals surface area contributed by atoms with E-state index in [0.717, 1.165) is 12.8 Å². The van der Waals surface area contributed by atoms with E-state index in [9.17, 15) is 8.42 Å². The van der Waals surface area contributed by atoms with E-state index < -0.39 is 10.0 Å². The number of nitrogens with one attached hydrogen (secondary N) is 1. The fourth-order valence-electron chi connectivity index (χ4n) is 3.20. The summed E-state index contributed by atoms with van der Waals surface area (Å²) in [5, 5.41) is 6.47. The van der Waals surface area contributed by atoms with Crippen LogP contribution in [0.3, 0.4) is 0 Å². The predicted molar refractivity (Wildman–Crippen MR) is 73.5 cm³/mol. The maximum absolute atomic E-state index is 12.5. The van der Waals surface area contributed by atoms with Crippen LogP contribution in [0, 0.1) is 18.8 Å². The van der Waals surface area contributed by atoms with Gasteiger partial charge in [0, 0.05) is 19.1 Å². The number of aromatic nitrogens is 2. The van der Waals surface area contributed by atoms with E-state index in [2.05, 4.69) is 10.2 Å². The third-order valence-corrected chi connectivity index (χ3v) is 6.23. The Kier molecular flexibility index (Phi) is 3.92. The Bertz CT molecular complexity index is 559. The van der Waals surface area contributed by atoms with Gasteiger partial charge >= 0.3 is 0 Å². The lowest BCUT2D eigenvalue weighted by molar-refractivity contribution is 0.427. The number of nitrogens with two attached hydrogens (primary N) is 1. The summed E-state index contributed by atoms with van der Waals surface area (Å²) in [4.78, 5) is 0.288. The van der Waals surface area contributed by atoms with E-state index in [0.29, 0.717) is 30.6 Å². The van der Waals surface area contributed by atoms with Gasteiger partial charge in [0.2, 0.25) is 10.0 Å². The lowest BCUT2D eigenvalue weighted by Gasteiger charge is -2.18. The van der Waals surface area contributed by atoms with Gasteiger partial charge in [-0.15, -0.1) is 12.4 Å². The van der Waals surface area contributed by atoms with Gasteiger partial charge in [-0.2, -0.15) is 9.40 Å². The van der Waals surface area contributed by atoms with Crippen molar-refractivity contribution in [2.24, 2.45) is 17.6 Å². The molecular formula is C11H19ClN4O2S. The molecule has 3 N–H and O–H groups in total. The maximum Gasteiger partial charge on any atom is 0.246 e. The normalized spacial score (nSPS) is 31.2. The minimum absolute atomic E-state index is 0. The number of H-pyrrole nitrogens is 1. The highest BCUT2D eigenvalue weighted by Crippen LogP contribution is 2.39. The number of rotatable bonds is 2. The molecule has 0 bridgehead atoms. The van der Waals surface area contributed by atoms with Crippen molar-refractivity contribution in [2.75, 3.05) is 13.1 Å². The zero-order valence-corrected chi connectivity index (χ0v) is 12.4. The summed E-state index contributed by atoms with van der Waals surface area (Å²) in [7, 11) is -3.41. The summed E-state index contributed by atoms with van der Waals surface area (Å²) in [5.74, 6) is 0.758. The van der Waals surface area contributed by atoms with Gasteiger partial charge in [0.15, 0.2) is 0 Å². The minimum Gasteiger partial charge on any atom is -0.327 e.